The summed E-state index contributed by atoms with van der Waals surface area (Å²) >= 11 is 6.47. The minimum atomic E-state index is -3.40. The van der Waals surface area contributed by atoms with Crippen molar-refractivity contribution in [2.45, 2.75) is 64.9 Å². The summed E-state index contributed by atoms with van der Waals surface area (Å²) in [5.41, 5.74) is 5.34. The summed E-state index contributed by atoms with van der Waals surface area (Å²) in [4.78, 5) is 38.2. The molecule has 0 saturated heterocycles. The first kappa shape index (κ1) is 39.2. The molecule has 1 aliphatic heterocycles. The second kappa shape index (κ2) is 18.4. The molecule has 2 heterocycles. The molecular weight excluding hydrogens is 640 g/mol. The molecule has 0 saturated carbocycles. The minimum absolute atomic E-state index is 0.0776. The number of rotatable bonds is 7. The average Bonchev–Trinajstić information content (AvgIpc) is 3.54. The van der Waals surface area contributed by atoms with E-state index in [0.717, 1.165) is 59.7 Å². The van der Waals surface area contributed by atoms with Gasteiger partial charge in [-0.15, -0.1) is 0 Å². The van der Waals surface area contributed by atoms with E-state index in [1.165, 1.54) is 19.2 Å². The van der Waals surface area contributed by atoms with E-state index in [0.29, 0.717) is 21.7 Å². The van der Waals surface area contributed by atoms with Gasteiger partial charge in [0.25, 0.3) is 5.91 Å². The zero-order valence-corrected chi connectivity index (χ0v) is 29.9. The van der Waals surface area contributed by atoms with Crippen LogP contribution in [-0.2, 0) is 38.8 Å². The molecular formula is C36H45ClN2O7S. The predicted octanol–water partition coefficient (Wildman–Crippen LogP) is 6.85. The molecule has 1 unspecified atom stereocenters. The van der Waals surface area contributed by atoms with Crippen LogP contribution in [0.2, 0.25) is 5.02 Å². The molecule has 254 valence electrons. The van der Waals surface area contributed by atoms with E-state index in [4.69, 9.17) is 20.8 Å². The molecule has 0 bridgehead atoms. The number of esters is 1. The summed E-state index contributed by atoms with van der Waals surface area (Å²) in [6.45, 7) is 11.5. The van der Waals surface area contributed by atoms with Gasteiger partial charge in [-0.25, -0.2) is 13.2 Å². The van der Waals surface area contributed by atoms with Gasteiger partial charge in [-0.05, 0) is 73.0 Å². The zero-order chi connectivity index (χ0) is 35.3. The van der Waals surface area contributed by atoms with E-state index in [2.05, 4.69) is 10.2 Å². The number of carbonyl (C=O) groups is 3. The Balaban J connectivity index is 0.000000423. The summed E-state index contributed by atoms with van der Waals surface area (Å²) in [6, 6.07) is 14.3. The van der Waals surface area contributed by atoms with Crippen molar-refractivity contribution in [3.8, 4) is 0 Å². The summed E-state index contributed by atoms with van der Waals surface area (Å²) in [7, 11) is -0.129. The first-order chi connectivity index (χ1) is 22.4. The number of fused-ring (bicyclic) bond motifs is 2. The van der Waals surface area contributed by atoms with Crippen LogP contribution in [0.15, 0.2) is 70.2 Å². The number of nitrogens with one attached hydrogen (secondary N) is 1. The van der Waals surface area contributed by atoms with Crippen LogP contribution in [0.3, 0.4) is 0 Å². The Kier molecular flexibility index (Phi) is 15.3. The second-order valence-corrected chi connectivity index (χ2v) is 12.9. The van der Waals surface area contributed by atoms with Crippen LogP contribution in [0, 0.1) is 6.92 Å². The van der Waals surface area contributed by atoms with Crippen molar-refractivity contribution in [3.05, 3.63) is 99.3 Å². The van der Waals surface area contributed by atoms with Crippen molar-refractivity contribution < 1.29 is 32.0 Å². The summed E-state index contributed by atoms with van der Waals surface area (Å²) in [5.74, 6) is -1.10. The van der Waals surface area contributed by atoms with Crippen LogP contribution in [0.4, 0.5) is 0 Å². The third-order valence-corrected chi connectivity index (χ3v) is 8.75. The van der Waals surface area contributed by atoms with E-state index in [1.807, 2.05) is 59.9 Å². The monoisotopic (exact) mass is 684 g/mol. The number of hydrogen-bond donors (Lipinski definition) is 1. The molecule has 0 fully saturated rings. The Morgan fingerprint density at radius 1 is 1.09 bits per heavy atom. The number of amides is 1. The Hall–Kier alpha value is -3.99. The standard InChI is InChI=1S/C23H27ClN2O5S.C9H6O2.2C2H6/c1-14-18-8-9-26(2)13-16(18)12-19(24)21(14)22(27)25-20(23(28)31-3)11-15-6-5-7-17(10-15)32(4,29)30;10-6-7-1-2-8-3-4-11-9(8)5-7;2*1-2/h5-7,10,12,20H,8-9,11,13H2,1-4H3,(H,25,27);1-6H;2*1-2H3. The second-order valence-electron chi connectivity index (χ2n) is 10.5. The molecule has 0 spiro atoms. The van der Waals surface area contributed by atoms with Gasteiger partial charge in [0.1, 0.15) is 17.9 Å². The van der Waals surface area contributed by atoms with E-state index < -0.39 is 27.8 Å². The summed E-state index contributed by atoms with van der Waals surface area (Å²) < 4.78 is 33.7. The number of nitrogens with zero attached hydrogens (tertiary/aromatic N) is 1. The molecule has 0 radical (unpaired) electrons. The lowest BCUT2D eigenvalue weighted by Gasteiger charge is -2.28. The molecule has 11 heteroatoms. The number of likely N-dealkylation sites (N-methyl/N-ethyl adjacent to an activating group) is 1. The van der Waals surface area contributed by atoms with Gasteiger partial charge in [-0.2, -0.15) is 0 Å². The van der Waals surface area contributed by atoms with Crippen molar-refractivity contribution in [1.82, 2.24) is 10.2 Å². The third kappa shape index (κ3) is 10.5. The van der Waals surface area contributed by atoms with Gasteiger partial charge in [0, 0.05) is 36.7 Å². The number of halogens is 1. The maximum absolute atomic E-state index is 13.2. The molecule has 1 amide bonds. The molecule has 3 aromatic carbocycles. The fourth-order valence-electron chi connectivity index (χ4n) is 5.07. The van der Waals surface area contributed by atoms with Crippen LogP contribution in [0.1, 0.15) is 70.7 Å². The smallest absolute Gasteiger partial charge is 0.328 e. The SMILES string of the molecule is CC.CC.COC(=O)C(Cc1cccc(S(C)(=O)=O)c1)NC(=O)c1c(Cl)cc2c(c1C)CCN(C)C2.O=Cc1ccc2ccoc2c1. The van der Waals surface area contributed by atoms with Crippen molar-refractivity contribution >= 4 is 50.6 Å². The van der Waals surface area contributed by atoms with E-state index in [-0.39, 0.29) is 11.3 Å². The van der Waals surface area contributed by atoms with Crippen LogP contribution in [0.5, 0.6) is 0 Å². The van der Waals surface area contributed by atoms with Gasteiger partial charge >= 0.3 is 5.97 Å². The Morgan fingerprint density at radius 2 is 1.79 bits per heavy atom. The Morgan fingerprint density at radius 3 is 2.43 bits per heavy atom. The normalized spacial score (nSPS) is 12.9. The largest absolute Gasteiger partial charge is 0.467 e. The van der Waals surface area contributed by atoms with Gasteiger partial charge in [-0.1, -0.05) is 63.6 Å². The van der Waals surface area contributed by atoms with Crippen molar-refractivity contribution in [3.63, 3.8) is 0 Å². The number of methoxy groups -OCH3 is 1. The van der Waals surface area contributed by atoms with Crippen molar-refractivity contribution in [2.75, 3.05) is 27.0 Å². The number of furan rings is 1. The Bertz CT molecular complexity index is 1780. The minimum Gasteiger partial charge on any atom is -0.467 e. The number of benzene rings is 3. The average molecular weight is 685 g/mol. The highest BCUT2D eigenvalue weighted by Gasteiger charge is 2.27. The van der Waals surface area contributed by atoms with E-state index in [9.17, 15) is 22.8 Å². The number of ether oxygens (including phenoxy) is 1. The summed E-state index contributed by atoms with van der Waals surface area (Å²) in [6.07, 6.45) is 4.42. The maximum Gasteiger partial charge on any atom is 0.328 e. The molecule has 1 aliphatic rings. The molecule has 5 rings (SSSR count). The van der Waals surface area contributed by atoms with E-state index in [1.54, 1.807) is 30.5 Å². The first-order valence-electron chi connectivity index (χ1n) is 15.5. The highest BCUT2D eigenvalue weighted by atomic mass is 35.5. The van der Waals surface area contributed by atoms with Crippen LogP contribution < -0.4 is 5.32 Å². The molecule has 0 aliphatic carbocycles. The van der Waals surface area contributed by atoms with E-state index >= 15 is 0 Å². The number of hydrogen-bond acceptors (Lipinski definition) is 8. The molecule has 9 nitrogen and oxygen atoms in total. The van der Waals surface area contributed by atoms with Gasteiger partial charge in [0.2, 0.25) is 0 Å². The van der Waals surface area contributed by atoms with Crippen molar-refractivity contribution in [2.24, 2.45) is 0 Å². The maximum atomic E-state index is 13.2. The lowest BCUT2D eigenvalue weighted by molar-refractivity contribution is -0.142. The number of carbonyl (C=O) groups excluding carboxylic acids is 3. The molecule has 47 heavy (non-hydrogen) atoms. The highest BCUT2D eigenvalue weighted by molar-refractivity contribution is 7.90. The van der Waals surface area contributed by atoms with Crippen LogP contribution in [0.25, 0.3) is 11.0 Å². The number of sulfone groups is 1. The summed E-state index contributed by atoms with van der Waals surface area (Å²) in [5, 5.41) is 4.08. The van der Waals surface area contributed by atoms with Crippen molar-refractivity contribution in [1.29, 1.82) is 0 Å². The Labute approximate surface area is 283 Å². The molecule has 4 aromatic rings. The van der Waals surface area contributed by atoms with Crippen LogP contribution in [-0.4, -0.2) is 64.5 Å². The lowest BCUT2D eigenvalue weighted by atomic mass is 9.91. The lowest BCUT2D eigenvalue weighted by Crippen LogP contribution is -2.43. The quantitative estimate of drug-likeness (QED) is 0.166. The third-order valence-electron chi connectivity index (χ3n) is 7.34. The predicted molar refractivity (Wildman–Crippen MR) is 187 cm³/mol. The fourth-order valence-corrected chi connectivity index (χ4v) is 6.12. The van der Waals surface area contributed by atoms with Gasteiger partial charge < -0.3 is 19.4 Å². The van der Waals surface area contributed by atoms with Gasteiger partial charge in [-0.3, -0.25) is 9.59 Å². The highest BCUT2D eigenvalue weighted by Crippen LogP contribution is 2.30. The molecule has 1 atom stereocenters. The van der Waals surface area contributed by atoms with Gasteiger partial charge in [0.15, 0.2) is 9.84 Å². The zero-order valence-electron chi connectivity index (χ0n) is 28.3. The first-order valence-corrected chi connectivity index (χ1v) is 17.8. The number of aldehydes is 1. The van der Waals surface area contributed by atoms with Gasteiger partial charge in [0.05, 0.1) is 28.9 Å². The fraction of sp³-hybridized carbons (Fsp3) is 0.361. The topological polar surface area (TPSA) is 123 Å². The molecule has 1 aromatic heterocycles. The molecule has 1 N–H and O–H groups in total. The van der Waals surface area contributed by atoms with Crippen LogP contribution >= 0.6 is 11.6 Å².